The average molecular weight is 216 g/mol. The molecular formula is C15H22N+. The molecule has 16 heavy (non-hydrogen) atoms. The number of hydrogen-bond donors (Lipinski definition) is 0. The molecule has 0 aliphatic rings. The molecule has 0 aromatic heterocycles. The largest absolute Gasteiger partial charge is 0.321 e. The van der Waals surface area contributed by atoms with E-state index >= 15 is 0 Å². The normalized spacial score (nSPS) is 11.2. The molecule has 0 spiro atoms. The number of benzene rings is 1. The maximum absolute atomic E-state index is 3.99. The Morgan fingerprint density at radius 2 is 1.94 bits per heavy atom. The summed E-state index contributed by atoms with van der Waals surface area (Å²) in [4.78, 5) is 0. The Morgan fingerprint density at radius 1 is 1.31 bits per heavy atom. The van der Waals surface area contributed by atoms with Gasteiger partial charge in [-0.25, -0.2) is 0 Å². The molecule has 0 aliphatic heterocycles. The number of hydrogen-bond acceptors (Lipinski definition) is 0. The lowest BCUT2D eigenvalue weighted by Crippen LogP contribution is -2.40. The van der Waals surface area contributed by atoms with E-state index in [2.05, 4.69) is 58.4 Å². The maximum Gasteiger partial charge on any atom is 0.105 e. The molecule has 0 aliphatic carbocycles. The Hall–Kier alpha value is -1.34. The smallest absolute Gasteiger partial charge is 0.105 e. The molecular weight excluding hydrogens is 194 g/mol. The summed E-state index contributed by atoms with van der Waals surface area (Å²) in [5.74, 6) is 0. The average Bonchev–Trinajstić information content (AvgIpc) is 2.15. The van der Waals surface area contributed by atoms with Crippen molar-refractivity contribution in [2.75, 3.05) is 20.6 Å². The van der Waals surface area contributed by atoms with Gasteiger partial charge in [-0.15, -0.1) is 0 Å². The van der Waals surface area contributed by atoms with Crippen molar-refractivity contribution in [2.45, 2.75) is 13.5 Å². The summed E-state index contributed by atoms with van der Waals surface area (Å²) in [5.41, 5.74) is 3.81. The predicted molar refractivity (Wildman–Crippen MR) is 72.0 cm³/mol. The van der Waals surface area contributed by atoms with Gasteiger partial charge in [-0.3, -0.25) is 0 Å². The van der Waals surface area contributed by atoms with Crippen LogP contribution in [0.15, 0.2) is 43.0 Å². The van der Waals surface area contributed by atoms with Crippen LogP contribution in [-0.2, 0) is 6.54 Å². The van der Waals surface area contributed by atoms with Gasteiger partial charge in [-0.2, -0.15) is 0 Å². The summed E-state index contributed by atoms with van der Waals surface area (Å²) in [6.45, 7) is 11.9. The topological polar surface area (TPSA) is 0 Å². The third-order valence-electron chi connectivity index (χ3n) is 2.57. The highest BCUT2D eigenvalue weighted by atomic mass is 15.3. The fourth-order valence-corrected chi connectivity index (χ4v) is 2.13. The highest BCUT2D eigenvalue weighted by molar-refractivity contribution is 5.51. The lowest BCUT2D eigenvalue weighted by molar-refractivity contribution is -0.899. The zero-order valence-corrected chi connectivity index (χ0v) is 10.7. The summed E-state index contributed by atoms with van der Waals surface area (Å²) < 4.78 is 0.931. The molecule has 1 aromatic carbocycles. The first-order chi connectivity index (χ1) is 7.44. The second kappa shape index (κ2) is 5.13. The molecule has 0 amide bonds. The minimum absolute atomic E-state index is 0.931. The number of quaternary nitrogens is 1. The molecule has 0 saturated carbocycles. The molecule has 0 N–H and O–H groups in total. The Bertz CT molecular complexity index is 388. The van der Waals surface area contributed by atoms with Gasteiger partial charge in [0.25, 0.3) is 0 Å². The van der Waals surface area contributed by atoms with Gasteiger partial charge in [-0.05, 0) is 18.1 Å². The molecule has 1 aromatic rings. The lowest BCUT2D eigenvalue weighted by Gasteiger charge is -2.30. The van der Waals surface area contributed by atoms with Gasteiger partial charge in [0, 0.05) is 5.56 Å². The van der Waals surface area contributed by atoms with Crippen LogP contribution in [0.25, 0.3) is 6.08 Å². The minimum atomic E-state index is 0.931. The van der Waals surface area contributed by atoms with Gasteiger partial charge in [0.05, 0.1) is 20.6 Å². The minimum Gasteiger partial charge on any atom is -0.321 e. The summed E-state index contributed by atoms with van der Waals surface area (Å²) >= 11 is 0. The molecule has 1 rings (SSSR count). The molecule has 0 fully saturated rings. The van der Waals surface area contributed by atoms with E-state index in [1.807, 2.05) is 6.08 Å². The van der Waals surface area contributed by atoms with Crippen LogP contribution in [0, 0.1) is 0 Å². The van der Waals surface area contributed by atoms with E-state index < -0.39 is 0 Å². The zero-order valence-electron chi connectivity index (χ0n) is 10.7. The third-order valence-corrected chi connectivity index (χ3v) is 2.57. The van der Waals surface area contributed by atoms with Crippen LogP contribution in [0.5, 0.6) is 0 Å². The van der Waals surface area contributed by atoms with E-state index in [0.717, 1.165) is 17.6 Å². The number of likely N-dealkylation sites (N-methyl/N-ethyl adjacent to an activating group) is 1. The summed E-state index contributed by atoms with van der Waals surface area (Å²) in [5, 5.41) is 0. The number of rotatable bonds is 5. The Balaban J connectivity index is 2.86. The molecule has 0 heterocycles. The van der Waals surface area contributed by atoms with Crippen molar-refractivity contribution in [1.82, 2.24) is 0 Å². The summed E-state index contributed by atoms with van der Waals surface area (Å²) in [6, 6.07) is 8.43. The van der Waals surface area contributed by atoms with Gasteiger partial charge in [0.15, 0.2) is 0 Å². The molecule has 0 radical (unpaired) electrons. The first-order valence-corrected chi connectivity index (χ1v) is 5.61. The van der Waals surface area contributed by atoms with Crippen molar-refractivity contribution in [3.05, 3.63) is 54.1 Å². The van der Waals surface area contributed by atoms with Gasteiger partial charge in [0.1, 0.15) is 6.54 Å². The van der Waals surface area contributed by atoms with E-state index in [0.29, 0.717) is 0 Å². The lowest BCUT2D eigenvalue weighted by atomic mass is 10.1. The van der Waals surface area contributed by atoms with E-state index in [-0.39, 0.29) is 0 Å². The standard InChI is InChI=1S/C15H22N/c1-6-14-9-7-8-10-15(14)12-16(4,5)11-13(2)3/h6-10H,1-2,11-12H2,3-5H3/q+1. The van der Waals surface area contributed by atoms with Crippen LogP contribution in [0.2, 0.25) is 0 Å². The van der Waals surface area contributed by atoms with E-state index in [4.69, 9.17) is 0 Å². The molecule has 1 nitrogen and oxygen atoms in total. The fourth-order valence-electron chi connectivity index (χ4n) is 2.13. The van der Waals surface area contributed by atoms with Crippen molar-refractivity contribution in [1.29, 1.82) is 0 Å². The maximum atomic E-state index is 3.99. The highest BCUT2D eigenvalue weighted by Crippen LogP contribution is 2.16. The van der Waals surface area contributed by atoms with Crippen molar-refractivity contribution in [3.63, 3.8) is 0 Å². The zero-order chi connectivity index (χ0) is 12.2. The first-order valence-electron chi connectivity index (χ1n) is 5.61. The SMILES string of the molecule is C=Cc1ccccc1C[N+](C)(C)CC(=C)C. The Morgan fingerprint density at radius 3 is 2.50 bits per heavy atom. The second-order valence-corrected chi connectivity index (χ2v) is 5.11. The molecule has 86 valence electrons. The summed E-state index contributed by atoms with van der Waals surface area (Å²) in [6.07, 6.45) is 1.93. The van der Waals surface area contributed by atoms with E-state index in [1.54, 1.807) is 0 Å². The second-order valence-electron chi connectivity index (χ2n) is 5.11. The Kier molecular flexibility index (Phi) is 4.08. The van der Waals surface area contributed by atoms with E-state index in [9.17, 15) is 0 Å². The summed E-state index contributed by atoms with van der Waals surface area (Å²) in [7, 11) is 4.46. The quantitative estimate of drug-likeness (QED) is 0.522. The van der Waals surface area contributed by atoms with Crippen molar-refractivity contribution < 1.29 is 4.48 Å². The molecule has 1 heteroatoms. The van der Waals surface area contributed by atoms with Crippen LogP contribution < -0.4 is 0 Å². The molecule has 0 bridgehead atoms. The van der Waals surface area contributed by atoms with Crippen LogP contribution >= 0.6 is 0 Å². The molecule has 0 unspecified atom stereocenters. The van der Waals surface area contributed by atoms with Crippen LogP contribution in [0.3, 0.4) is 0 Å². The van der Waals surface area contributed by atoms with Gasteiger partial charge in [-0.1, -0.05) is 43.5 Å². The first kappa shape index (κ1) is 12.7. The third kappa shape index (κ3) is 3.67. The van der Waals surface area contributed by atoms with Crippen molar-refractivity contribution >= 4 is 6.08 Å². The monoisotopic (exact) mass is 216 g/mol. The Labute approximate surface area is 99.3 Å². The fraction of sp³-hybridized carbons (Fsp3) is 0.333. The van der Waals surface area contributed by atoms with Crippen LogP contribution in [-0.4, -0.2) is 25.1 Å². The molecule has 0 saturated heterocycles. The van der Waals surface area contributed by atoms with Gasteiger partial charge >= 0.3 is 0 Å². The predicted octanol–water partition coefficient (Wildman–Crippen LogP) is 3.48. The van der Waals surface area contributed by atoms with Gasteiger partial charge in [0.2, 0.25) is 0 Å². The van der Waals surface area contributed by atoms with E-state index in [1.165, 1.54) is 16.7 Å². The van der Waals surface area contributed by atoms with Crippen LogP contribution in [0.4, 0.5) is 0 Å². The van der Waals surface area contributed by atoms with Crippen molar-refractivity contribution in [2.24, 2.45) is 0 Å². The highest BCUT2D eigenvalue weighted by Gasteiger charge is 2.16. The van der Waals surface area contributed by atoms with Crippen LogP contribution in [0.1, 0.15) is 18.1 Å². The van der Waals surface area contributed by atoms with Crippen molar-refractivity contribution in [3.8, 4) is 0 Å². The number of nitrogens with zero attached hydrogens (tertiary/aromatic N) is 1. The molecule has 0 atom stereocenters. The van der Waals surface area contributed by atoms with Gasteiger partial charge < -0.3 is 4.48 Å².